The molecule has 0 aromatic rings. The highest BCUT2D eigenvalue weighted by Crippen LogP contribution is 2.22. The SMILES string of the molecule is CC/C=C\C/C=C\C/C=C\C/C=C\CCCCCCCCCOCC(COC1OC(CO)C(O)C(O)C1O)OC(=O)CCCCCCC. The summed E-state index contributed by atoms with van der Waals surface area (Å²) in [5.41, 5.74) is 0. The average Bonchev–Trinajstić information content (AvgIpc) is 3.08. The van der Waals surface area contributed by atoms with Gasteiger partial charge in [0.1, 0.15) is 30.5 Å². The van der Waals surface area contributed by atoms with Gasteiger partial charge in [-0.3, -0.25) is 4.79 Å². The van der Waals surface area contributed by atoms with Crippen LogP contribution in [0, 0.1) is 0 Å². The Labute approximate surface area is 291 Å². The Hall–Kier alpha value is -1.85. The van der Waals surface area contributed by atoms with Crippen molar-refractivity contribution in [2.75, 3.05) is 26.4 Å². The van der Waals surface area contributed by atoms with Crippen molar-refractivity contribution in [3.8, 4) is 0 Å². The van der Waals surface area contributed by atoms with E-state index in [0.717, 1.165) is 83.5 Å². The standard InChI is InChI=1S/C39H68O9/c1-3-5-7-9-10-11-12-13-14-15-16-17-18-19-20-21-22-23-25-27-29-45-31-33(47-35(41)28-26-24-8-6-4-2)32-46-39-38(44)37(43)36(42)34(30-40)48-39/h5,7,10-11,13-14,16-17,33-34,36-40,42-44H,3-4,6,8-9,12,15,18-32H2,1-2H3/b7-5-,11-10-,14-13-,17-16-. The molecule has 0 bridgehead atoms. The first-order valence-corrected chi connectivity index (χ1v) is 18.7. The lowest BCUT2D eigenvalue weighted by molar-refractivity contribution is -0.305. The van der Waals surface area contributed by atoms with Crippen molar-refractivity contribution in [1.29, 1.82) is 0 Å². The highest BCUT2D eigenvalue weighted by atomic mass is 16.7. The van der Waals surface area contributed by atoms with E-state index in [0.29, 0.717) is 13.0 Å². The van der Waals surface area contributed by atoms with Crippen LogP contribution in [0.15, 0.2) is 48.6 Å². The van der Waals surface area contributed by atoms with E-state index < -0.39 is 43.4 Å². The van der Waals surface area contributed by atoms with Crippen LogP contribution in [-0.4, -0.2) is 89.6 Å². The zero-order valence-electron chi connectivity index (χ0n) is 30.0. The second-order valence-electron chi connectivity index (χ2n) is 12.6. The van der Waals surface area contributed by atoms with E-state index in [9.17, 15) is 25.2 Å². The van der Waals surface area contributed by atoms with Crippen LogP contribution in [-0.2, 0) is 23.7 Å². The number of carbonyl (C=O) groups is 1. The monoisotopic (exact) mass is 680 g/mol. The number of esters is 1. The van der Waals surface area contributed by atoms with E-state index in [4.69, 9.17) is 18.9 Å². The third kappa shape index (κ3) is 22.7. The summed E-state index contributed by atoms with van der Waals surface area (Å²) in [6.45, 7) is 4.30. The van der Waals surface area contributed by atoms with Crippen molar-refractivity contribution < 1.29 is 44.2 Å². The van der Waals surface area contributed by atoms with E-state index in [1.54, 1.807) is 0 Å². The van der Waals surface area contributed by atoms with Crippen LogP contribution in [0.1, 0.15) is 129 Å². The number of carbonyl (C=O) groups excluding carboxylic acids is 1. The number of aliphatic hydroxyl groups is 4. The fourth-order valence-electron chi connectivity index (χ4n) is 5.30. The van der Waals surface area contributed by atoms with E-state index in [1.165, 1.54) is 25.7 Å². The average molecular weight is 681 g/mol. The van der Waals surface area contributed by atoms with Gasteiger partial charge in [0.05, 0.1) is 19.8 Å². The first kappa shape index (κ1) is 44.2. The summed E-state index contributed by atoms with van der Waals surface area (Å²) < 4.78 is 22.5. The van der Waals surface area contributed by atoms with E-state index >= 15 is 0 Å². The van der Waals surface area contributed by atoms with Gasteiger partial charge in [0, 0.05) is 13.0 Å². The molecule has 0 amide bonds. The molecule has 4 N–H and O–H groups in total. The Morgan fingerprint density at radius 3 is 1.92 bits per heavy atom. The fourth-order valence-corrected chi connectivity index (χ4v) is 5.30. The van der Waals surface area contributed by atoms with Crippen molar-refractivity contribution in [3.63, 3.8) is 0 Å². The van der Waals surface area contributed by atoms with Gasteiger partial charge in [-0.15, -0.1) is 0 Å². The van der Waals surface area contributed by atoms with Gasteiger partial charge in [-0.1, -0.05) is 120 Å². The number of ether oxygens (including phenoxy) is 4. The van der Waals surface area contributed by atoms with Crippen molar-refractivity contribution in [2.24, 2.45) is 0 Å². The van der Waals surface area contributed by atoms with Crippen LogP contribution in [0.25, 0.3) is 0 Å². The minimum Gasteiger partial charge on any atom is -0.457 e. The number of hydrogen-bond acceptors (Lipinski definition) is 9. The first-order valence-electron chi connectivity index (χ1n) is 18.7. The molecular formula is C39H68O9. The molecule has 6 atom stereocenters. The molecule has 1 aliphatic rings. The summed E-state index contributed by atoms with van der Waals surface area (Å²) in [6, 6.07) is 0. The lowest BCUT2D eigenvalue weighted by Gasteiger charge is -2.39. The predicted molar refractivity (Wildman–Crippen MR) is 191 cm³/mol. The molecule has 6 unspecified atom stereocenters. The maximum Gasteiger partial charge on any atom is 0.306 e. The van der Waals surface area contributed by atoms with Gasteiger partial charge in [-0.2, -0.15) is 0 Å². The van der Waals surface area contributed by atoms with Gasteiger partial charge in [0.2, 0.25) is 0 Å². The topological polar surface area (TPSA) is 135 Å². The summed E-state index contributed by atoms with van der Waals surface area (Å²) >= 11 is 0. The Balaban J connectivity index is 2.22. The molecular weight excluding hydrogens is 612 g/mol. The van der Waals surface area contributed by atoms with Crippen molar-refractivity contribution in [3.05, 3.63) is 48.6 Å². The van der Waals surface area contributed by atoms with Crippen LogP contribution in [0.4, 0.5) is 0 Å². The quantitative estimate of drug-likeness (QED) is 0.0359. The summed E-state index contributed by atoms with van der Waals surface area (Å²) in [6.07, 6.45) is 28.9. The minimum atomic E-state index is -1.54. The van der Waals surface area contributed by atoms with Gasteiger partial charge in [-0.25, -0.2) is 0 Å². The van der Waals surface area contributed by atoms with Crippen LogP contribution < -0.4 is 0 Å². The zero-order chi connectivity index (χ0) is 35.1. The minimum absolute atomic E-state index is 0.120. The molecule has 1 heterocycles. The maximum atomic E-state index is 12.5. The Kier molecular flexibility index (Phi) is 28.7. The molecule has 278 valence electrons. The molecule has 1 saturated heterocycles. The van der Waals surface area contributed by atoms with Gasteiger partial charge < -0.3 is 39.4 Å². The van der Waals surface area contributed by atoms with Gasteiger partial charge in [-0.05, 0) is 51.4 Å². The predicted octanol–water partition coefficient (Wildman–Crippen LogP) is 7.02. The number of allylic oxidation sites excluding steroid dienone is 8. The molecule has 0 aromatic heterocycles. The summed E-state index contributed by atoms with van der Waals surface area (Å²) in [7, 11) is 0. The molecule has 9 nitrogen and oxygen atoms in total. The smallest absolute Gasteiger partial charge is 0.306 e. The zero-order valence-corrected chi connectivity index (χ0v) is 30.0. The van der Waals surface area contributed by atoms with E-state index in [1.807, 2.05) is 0 Å². The van der Waals surface area contributed by atoms with Crippen molar-refractivity contribution in [2.45, 2.75) is 166 Å². The molecule has 1 aliphatic heterocycles. The van der Waals surface area contributed by atoms with Gasteiger partial charge in [0.25, 0.3) is 0 Å². The third-order valence-corrected chi connectivity index (χ3v) is 8.26. The molecule has 0 spiro atoms. The molecule has 1 rings (SSSR count). The molecule has 9 heteroatoms. The summed E-state index contributed by atoms with van der Waals surface area (Å²) in [4.78, 5) is 12.5. The normalized spacial score (nSPS) is 22.5. The van der Waals surface area contributed by atoms with Crippen LogP contribution in [0.3, 0.4) is 0 Å². The second kappa shape index (κ2) is 31.2. The van der Waals surface area contributed by atoms with Crippen molar-refractivity contribution >= 4 is 5.97 Å². The number of rotatable bonds is 30. The largest absolute Gasteiger partial charge is 0.457 e. The Bertz CT molecular complexity index is 870. The molecule has 0 aromatic carbocycles. The molecule has 0 aliphatic carbocycles. The lowest BCUT2D eigenvalue weighted by Crippen LogP contribution is -2.59. The Morgan fingerprint density at radius 2 is 1.27 bits per heavy atom. The molecule has 1 fully saturated rings. The molecule has 48 heavy (non-hydrogen) atoms. The number of unbranched alkanes of at least 4 members (excludes halogenated alkanes) is 11. The maximum absolute atomic E-state index is 12.5. The van der Waals surface area contributed by atoms with Crippen LogP contribution in [0.2, 0.25) is 0 Å². The first-order chi connectivity index (χ1) is 23.4. The fraction of sp³-hybridized carbons (Fsp3) is 0.769. The lowest BCUT2D eigenvalue weighted by atomic mass is 9.99. The number of aliphatic hydroxyl groups excluding tert-OH is 4. The summed E-state index contributed by atoms with van der Waals surface area (Å²) in [5.74, 6) is -0.334. The van der Waals surface area contributed by atoms with E-state index in [-0.39, 0.29) is 19.2 Å². The Morgan fingerprint density at radius 1 is 0.688 bits per heavy atom. The third-order valence-electron chi connectivity index (χ3n) is 8.26. The van der Waals surface area contributed by atoms with Crippen LogP contribution >= 0.6 is 0 Å². The highest BCUT2D eigenvalue weighted by Gasteiger charge is 2.44. The second-order valence-corrected chi connectivity index (χ2v) is 12.6. The van der Waals surface area contributed by atoms with Crippen molar-refractivity contribution in [1.82, 2.24) is 0 Å². The van der Waals surface area contributed by atoms with Crippen LogP contribution in [0.5, 0.6) is 0 Å². The highest BCUT2D eigenvalue weighted by molar-refractivity contribution is 5.69. The van der Waals surface area contributed by atoms with E-state index in [2.05, 4.69) is 62.5 Å². The number of hydrogen-bond donors (Lipinski definition) is 4. The van der Waals surface area contributed by atoms with Gasteiger partial charge >= 0.3 is 5.97 Å². The molecule has 0 saturated carbocycles. The summed E-state index contributed by atoms with van der Waals surface area (Å²) in [5, 5.41) is 39.7. The molecule has 0 radical (unpaired) electrons. The van der Waals surface area contributed by atoms with Gasteiger partial charge in [0.15, 0.2) is 6.29 Å².